The van der Waals surface area contributed by atoms with Crippen LogP contribution in [0, 0.1) is 0 Å². The highest BCUT2D eigenvalue weighted by atomic mass is 16.4. The minimum Gasteiger partial charge on any atom is -0.481 e. The van der Waals surface area contributed by atoms with Crippen LogP contribution in [-0.2, 0) is 4.79 Å². The predicted molar refractivity (Wildman–Crippen MR) is 125 cm³/mol. The number of carboxylic acid groups (broad SMARTS) is 1. The largest absolute Gasteiger partial charge is 0.481 e. The number of unbranched alkanes of at least 4 members (excludes halogenated alkanes) is 14. The zero-order valence-corrected chi connectivity index (χ0v) is 19.6. The van der Waals surface area contributed by atoms with E-state index in [4.69, 9.17) is 15.6 Å². The Labute approximate surface area is 181 Å². The number of nitrogens with one attached hydrogen (secondary N) is 1. The van der Waals surface area contributed by atoms with Gasteiger partial charge in [-0.25, -0.2) is 0 Å². The highest BCUT2D eigenvalue weighted by Gasteiger charge is 2.21. The molecule has 0 bridgehead atoms. The van der Waals surface area contributed by atoms with E-state index in [0.717, 1.165) is 26.6 Å². The van der Waals surface area contributed by atoms with Crippen molar-refractivity contribution in [3.8, 4) is 0 Å². The van der Waals surface area contributed by atoms with Crippen molar-refractivity contribution in [2.24, 2.45) is 5.73 Å². The average molecular weight is 414 g/mol. The smallest absolute Gasteiger partial charge is 0.300 e. The third kappa shape index (κ3) is 20.4. The molecule has 0 aromatic carbocycles. The van der Waals surface area contributed by atoms with Crippen LogP contribution in [0.3, 0.4) is 0 Å². The average Bonchev–Trinajstić information content (AvgIpc) is 3.12. The van der Waals surface area contributed by atoms with Crippen LogP contribution in [0.25, 0.3) is 0 Å². The highest BCUT2D eigenvalue weighted by molar-refractivity contribution is 5.62. The number of nitrogens with zero attached hydrogens (tertiary/aromatic N) is 1. The first-order valence-electron chi connectivity index (χ1n) is 12.5. The SMILES string of the molecule is CC(=O)O.CCCCCCCCCCCCCCCCCC1NCCN1CCN. The van der Waals surface area contributed by atoms with E-state index < -0.39 is 5.97 Å². The summed E-state index contributed by atoms with van der Waals surface area (Å²) in [4.78, 5) is 11.5. The molecule has 1 unspecified atom stereocenters. The van der Waals surface area contributed by atoms with Crippen molar-refractivity contribution < 1.29 is 9.90 Å². The molecule has 174 valence electrons. The van der Waals surface area contributed by atoms with E-state index >= 15 is 0 Å². The standard InChI is InChI=1S/C22H47N3.C2H4O2/c1-2-3-4-5-6-7-8-9-10-11-12-13-14-15-16-17-22-24-19-21-25(22)20-18-23;1-2(3)4/h22,24H,2-21,23H2,1H3;1H3,(H,3,4). The van der Waals surface area contributed by atoms with E-state index in [2.05, 4.69) is 17.1 Å². The Morgan fingerprint density at radius 2 is 1.31 bits per heavy atom. The molecule has 29 heavy (non-hydrogen) atoms. The van der Waals surface area contributed by atoms with Gasteiger partial charge < -0.3 is 16.2 Å². The summed E-state index contributed by atoms with van der Waals surface area (Å²) in [7, 11) is 0. The fraction of sp³-hybridized carbons (Fsp3) is 0.958. The molecular formula is C24H51N3O2. The molecule has 1 heterocycles. The molecular weight excluding hydrogens is 362 g/mol. The van der Waals surface area contributed by atoms with Gasteiger partial charge in [0.1, 0.15) is 0 Å². The first-order valence-corrected chi connectivity index (χ1v) is 12.5. The van der Waals surface area contributed by atoms with Crippen LogP contribution in [0.1, 0.15) is 117 Å². The molecule has 5 nitrogen and oxygen atoms in total. The van der Waals surface area contributed by atoms with Gasteiger partial charge in [-0.1, -0.05) is 103 Å². The lowest BCUT2D eigenvalue weighted by atomic mass is 10.0. The molecule has 0 aromatic heterocycles. The Hall–Kier alpha value is -0.650. The third-order valence-electron chi connectivity index (χ3n) is 5.72. The van der Waals surface area contributed by atoms with Gasteiger partial charge in [0.15, 0.2) is 0 Å². The monoisotopic (exact) mass is 413 g/mol. The van der Waals surface area contributed by atoms with E-state index in [-0.39, 0.29) is 0 Å². The lowest BCUT2D eigenvalue weighted by molar-refractivity contribution is -0.134. The maximum atomic E-state index is 9.00. The van der Waals surface area contributed by atoms with Gasteiger partial charge in [0.2, 0.25) is 0 Å². The molecule has 0 aliphatic carbocycles. The zero-order valence-electron chi connectivity index (χ0n) is 19.6. The van der Waals surface area contributed by atoms with Crippen LogP contribution < -0.4 is 11.1 Å². The summed E-state index contributed by atoms with van der Waals surface area (Å²) in [6.45, 7) is 7.54. The molecule has 0 aromatic rings. The van der Waals surface area contributed by atoms with Crippen LogP contribution in [0.2, 0.25) is 0 Å². The number of carboxylic acids is 1. The number of aliphatic carboxylic acids is 1. The van der Waals surface area contributed by atoms with Crippen molar-refractivity contribution in [1.82, 2.24) is 10.2 Å². The lowest BCUT2D eigenvalue weighted by Crippen LogP contribution is -2.38. The van der Waals surface area contributed by atoms with E-state index in [9.17, 15) is 0 Å². The summed E-state index contributed by atoms with van der Waals surface area (Å²) >= 11 is 0. The Morgan fingerprint density at radius 1 is 0.897 bits per heavy atom. The minimum absolute atomic E-state index is 0.602. The summed E-state index contributed by atoms with van der Waals surface area (Å²) in [6, 6.07) is 0. The van der Waals surface area contributed by atoms with Crippen LogP contribution in [-0.4, -0.2) is 48.3 Å². The predicted octanol–water partition coefficient (Wildman–Crippen LogP) is 5.53. The second-order valence-corrected chi connectivity index (χ2v) is 8.55. The first-order chi connectivity index (χ1) is 14.1. The second-order valence-electron chi connectivity index (χ2n) is 8.55. The minimum atomic E-state index is -0.833. The molecule has 0 spiro atoms. The van der Waals surface area contributed by atoms with E-state index in [0.29, 0.717) is 6.17 Å². The number of nitrogens with two attached hydrogens (primary N) is 1. The van der Waals surface area contributed by atoms with Crippen molar-refractivity contribution in [3.63, 3.8) is 0 Å². The zero-order chi connectivity index (χ0) is 21.6. The maximum Gasteiger partial charge on any atom is 0.300 e. The third-order valence-corrected chi connectivity index (χ3v) is 5.72. The summed E-state index contributed by atoms with van der Waals surface area (Å²) in [5.74, 6) is -0.833. The number of hydrogen-bond donors (Lipinski definition) is 3. The number of rotatable bonds is 18. The highest BCUT2D eigenvalue weighted by Crippen LogP contribution is 2.15. The normalized spacial score (nSPS) is 16.6. The second kappa shape index (κ2) is 22.0. The maximum absolute atomic E-state index is 9.00. The van der Waals surface area contributed by atoms with Crippen LogP contribution >= 0.6 is 0 Å². The van der Waals surface area contributed by atoms with Gasteiger partial charge in [-0.05, 0) is 6.42 Å². The van der Waals surface area contributed by atoms with Crippen LogP contribution in [0.4, 0.5) is 0 Å². The van der Waals surface area contributed by atoms with Crippen molar-refractivity contribution in [2.75, 3.05) is 26.2 Å². The number of carbonyl (C=O) groups is 1. The molecule has 0 saturated carbocycles. The molecule has 4 N–H and O–H groups in total. The Morgan fingerprint density at radius 3 is 1.72 bits per heavy atom. The summed E-state index contributed by atoms with van der Waals surface area (Å²) in [5, 5.41) is 11.0. The van der Waals surface area contributed by atoms with E-state index in [1.807, 2.05) is 0 Å². The van der Waals surface area contributed by atoms with Crippen LogP contribution in [0.15, 0.2) is 0 Å². The van der Waals surface area contributed by atoms with Gasteiger partial charge in [0, 0.05) is 33.1 Å². The topological polar surface area (TPSA) is 78.6 Å². The summed E-state index contributed by atoms with van der Waals surface area (Å²) in [6.07, 6.45) is 23.6. The number of hydrogen-bond acceptors (Lipinski definition) is 4. The van der Waals surface area contributed by atoms with Crippen molar-refractivity contribution in [3.05, 3.63) is 0 Å². The summed E-state index contributed by atoms with van der Waals surface area (Å²) < 4.78 is 0. The summed E-state index contributed by atoms with van der Waals surface area (Å²) in [5.41, 5.74) is 5.69. The molecule has 5 heteroatoms. The quantitative estimate of drug-likeness (QED) is 0.258. The molecule has 0 radical (unpaired) electrons. The molecule has 1 aliphatic heterocycles. The van der Waals surface area contributed by atoms with Gasteiger partial charge in [0.25, 0.3) is 5.97 Å². The van der Waals surface area contributed by atoms with Crippen molar-refractivity contribution >= 4 is 5.97 Å². The van der Waals surface area contributed by atoms with E-state index in [1.54, 1.807) is 0 Å². The molecule has 0 amide bonds. The van der Waals surface area contributed by atoms with Crippen LogP contribution in [0.5, 0.6) is 0 Å². The van der Waals surface area contributed by atoms with Gasteiger partial charge in [-0.3, -0.25) is 9.69 Å². The van der Waals surface area contributed by atoms with Crippen molar-refractivity contribution in [2.45, 2.75) is 123 Å². The van der Waals surface area contributed by atoms with E-state index in [1.165, 1.54) is 109 Å². The Kier molecular flexibility index (Phi) is 21.6. The van der Waals surface area contributed by atoms with Gasteiger partial charge >= 0.3 is 0 Å². The van der Waals surface area contributed by atoms with Crippen molar-refractivity contribution in [1.29, 1.82) is 0 Å². The lowest BCUT2D eigenvalue weighted by Gasteiger charge is -2.23. The Balaban J connectivity index is 0.00000178. The Bertz CT molecular complexity index is 349. The molecule has 1 rings (SSSR count). The van der Waals surface area contributed by atoms with Gasteiger partial charge in [0.05, 0.1) is 6.17 Å². The van der Waals surface area contributed by atoms with Gasteiger partial charge in [-0.15, -0.1) is 0 Å². The molecule has 1 saturated heterocycles. The van der Waals surface area contributed by atoms with Gasteiger partial charge in [-0.2, -0.15) is 0 Å². The molecule has 1 aliphatic rings. The molecule has 1 atom stereocenters. The fourth-order valence-electron chi connectivity index (χ4n) is 4.09. The fourth-order valence-corrected chi connectivity index (χ4v) is 4.09. The first kappa shape index (κ1) is 28.4. The molecule has 1 fully saturated rings.